The maximum absolute atomic E-state index is 14.1. The number of tetrazole rings is 1. The summed E-state index contributed by atoms with van der Waals surface area (Å²) in [6.45, 7) is 11.1. The maximum atomic E-state index is 14.1. The molecule has 1 amide bonds. The Morgan fingerprint density at radius 1 is 0.795 bits per heavy atom. The Morgan fingerprint density at radius 3 is 1.95 bits per heavy atom. The smallest absolute Gasteiger partial charge is 0.239 e. The molecule has 212 valence electrons. The molecule has 1 aromatic heterocycles. The van der Waals surface area contributed by atoms with E-state index in [1.807, 2.05) is 11.0 Å². The molecule has 39 heavy (non-hydrogen) atoms. The van der Waals surface area contributed by atoms with Crippen molar-refractivity contribution in [1.82, 2.24) is 20.6 Å². The zero-order valence-corrected chi connectivity index (χ0v) is 24.9. The second-order valence-corrected chi connectivity index (χ2v) is 11.4. The Hall–Kier alpha value is -3.02. The molecule has 0 unspecified atom stereocenters. The van der Waals surface area contributed by atoms with E-state index in [9.17, 15) is 4.79 Å². The number of unbranched alkanes of at least 4 members (excludes halogenated alkanes) is 9. The normalized spacial score (nSPS) is 11.5. The number of carbonyl (C=O) groups is 1. The minimum atomic E-state index is -0.0399. The maximum Gasteiger partial charge on any atom is 0.239 e. The van der Waals surface area contributed by atoms with Crippen LogP contribution in [-0.4, -0.2) is 26.5 Å². The molecule has 2 aromatic carbocycles. The van der Waals surface area contributed by atoms with Crippen LogP contribution in [0.1, 0.15) is 133 Å². The van der Waals surface area contributed by atoms with Gasteiger partial charge in [0.2, 0.25) is 5.91 Å². The lowest BCUT2D eigenvalue weighted by molar-refractivity contribution is -0.117. The van der Waals surface area contributed by atoms with Gasteiger partial charge in [-0.3, -0.25) is 9.69 Å². The molecule has 3 aromatic rings. The highest BCUT2D eigenvalue weighted by Crippen LogP contribution is 2.41. The highest BCUT2D eigenvalue weighted by atomic mass is 16.2. The van der Waals surface area contributed by atoms with Crippen molar-refractivity contribution < 1.29 is 4.79 Å². The van der Waals surface area contributed by atoms with Crippen LogP contribution >= 0.6 is 0 Å². The van der Waals surface area contributed by atoms with Gasteiger partial charge in [-0.05, 0) is 47.4 Å². The van der Waals surface area contributed by atoms with Gasteiger partial charge in [0, 0.05) is 0 Å². The first-order valence-electron chi connectivity index (χ1n) is 15.2. The van der Waals surface area contributed by atoms with Crippen molar-refractivity contribution in [1.29, 1.82) is 0 Å². The molecule has 0 aliphatic carbocycles. The molecule has 0 saturated heterocycles. The van der Waals surface area contributed by atoms with Crippen molar-refractivity contribution in [3.63, 3.8) is 0 Å². The van der Waals surface area contributed by atoms with Gasteiger partial charge in [0.1, 0.15) is 0 Å². The summed E-state index contributed by atoms with van der Waals surface area (Å²) >= 11 is 0. The van der Waals surface area contributed by atoms with Gasteiger partial charge in [-0.15, -0.1) is 10.2 Å². The number of aryl methyl sites for hydroxylation is 1. The van der Waals surface area contributed by atoms with Crippen molar-refractivity contribution in [3.05, 3.63) is 65.0 Å². The molecule has 1 N–H and O–H groups in total. The number of aromatic amines is 1. The van der Waals surface area contributed by atoms with Crippen LogP contribution in [0.15, 0.2) is 42.5 Å². The van der Waals surface area contributed by atoms with Crippen molar-refractivity contribution >= 4 is 17.3 Å². The van der Waals surface area contributed by atoms with Crippen molar-refractivity contribution in [2.75, 3.05) is 4.90 Å². The van der Waals surface area contributed by atoms with E-state index in [0.29, 0.717) is 5.82 Å². The molecule has 0 aliphatic heterocycles. The predicted molar refractivity (Wildman–Crippen MR) is 162 cm³/mol. The van der Waals surface area contributed by atoms with E-state index >= 15 is 0 Å². The SMILES string of the molecule is CCCCCCCCCCCCc1ccccc1N(C(=O)Cc1nn[nH]n1)c1c(C(C)C)cccc1C(C)C. The minimum absolute atomic E-state index is 0.0399. The van der Waals surface area contributed by atoms with Gasteiger partial charge in [-0.1, -0.05) is 134 Å². The van der Waals surface area contributed by atoms with Crippen LogP contribution in [0.4, 0.5) is 11.4 Å². The van der Waals surface area contributed by atoms with Crippen LogP contribution in [0.5, 0.6) is 0 Å². The molecule has 0 atom stereocenters. The second kappa shape index (κ2) is 16.2. The first-order chi connectivity index (χ1) is 18.9. The number of para-hydroxylation sites is 2. The zero-order valence-electron chi connectivity index (χ0n) is 24.9. The fourth-order valence-electron chi connectivity index (χ4n) is 5.36. The van der Waals surface area contributed by atoms with Crippen LogP contribution in [0.2, 0.25) is 0 Å². The van der Waals surface area contributed by atoms with Crippen LogP contribution in [-0.2, 0) is 17.6 Å². The molecule has 6 nitrogen and oxygen atoms in total. The number of amides is 1. The molecule has 0 radical (unpaired) electrons. The van der Waals surface area contributed by atoms with Crippen molar-refractivity contribution in [2.45, 2.75) is 124 Å². The highest BCUT2D eigenvalue weighted by molar-refractivity contribution is 6.03. The van der Waals surface area contributed by atoms with Crippen molar-refractivity contribution in [3.8, 4) is 0 Å². The third-order valence-corrected chi connectivity index (χ3v) is 7.55. The Bertz CT molecular complexity index is 1100. The number of hydrogen-bond donors (Lipinski definition) is 1. The first-order valence-corrected chi connectivity index (χ1v) is 15.2. The second-order valence-electron chi connectivity index (χ2n) is 11.4. The van der Waals surface area contributed by atoms with E-state index in [1.165, 1.54) is 74.5 Å². The van der Waals surface area contributed by atoms with E-state index < -0.39 is 0 Å². The topological polar surface area (TPSA) is 74.8 Å². The largest absolute Gasteiger partial charge is 0.280 e. The quantitative estimate of drug-likeness (QED) is 0.177. The van der Waals surface area contributed by atoms with Gasteiger partial charge in [-0.2, -0.15) is 5.21 Å². The standard InChI is InChI=1S/C33H49N5O/c1-6-7-8-9-10-11-12-13-14-15-19-27-20-16-17-23-30(27)38(32(39)24-31-34-36-37-35-31)33-28(25(2)3)21-18-22-29(33)26(4)5/h16-18,20-23,25-26H,6-15,19,24H2,1-5H3,(H,34,35,36,37). The fourth-order valence-corrected chi connectivity index (χ4v) is 5.36. The van der Waals surface area contributed by atoms with E-state index in [2.05, 4.69) is 91.6 Å². The van der Waals surface area contributed by atoms with E-state index in [-0.39, 0.29) is 24.2 Å². The van der Waals surface area contributed by atoms with Gasteiger partial charge in [0.05, 0.1) is 17.8 Å². The van der Waals surface area contributed by atoms with Gasteiger partial charge >= 0.3 is 0 Å². The number of carbonyl (C=O) groups excluding carboxylic acids is 1. The summed E-state index contributed by atoms with van der Waals surface area (Å²) in [5, 5.41) is 14.3. The van der Waals surface area contributed by atoms with Gasteiger partial charge in [0.25, 0.3) is 0 Å². The predicted octanol–water partition coefficient (Wildman–Crippen LogP) is 8.82. The summed E-state index contributed by atoms with van der Waals surface area (Å²) in [5.41, 5.74) is 5.54. The van der Waals surface area contributed by atoms with Crippen LogP contribution < -0.4 is 4.90 Å². The first kappa shape index (κ1) is 30.5. The molecule has 0 bridgehead atoms. The van der Waals surface area contributed by atoms with Crippen LogP contribution in [0.25, 0.3) is 0 Å². The number of hydrogen-bond acceptors (Lipinski definition) is 4. The van der Waals surface area contributed by atoms with Crippen molar-refractivity contribution in [2.24, 2.45) is 0 Å². The Labute approximate surface area is 236 Å². The summed E-state index contributed by atoms with van der Waals surface area (Å²) in [6.07, 6.45) is 14.2. The van der Waals surface area contributed by atoms with Gasteiger partial charge in [-0.25, -0.2) is 0 Å². The van der Waals surface area contributed by atoms with E-state index in [4.69, 9.17) is 0 Å². The number of anilines is 2. The summed E-state index contributed by atoms with van der Waals surface area (Å²) in [7, 11) is 0. The molecular weight excluding hydrogens is 482 g/mol. The molecule has 0 fully saturated rings. The number of H-pyrrole nitrogens is 1. The van der Waals surface area contributed by atoms with Gasteiger partial charge in [0.15, 0.2) is 5.82 Å². The number of aromatic nitrogens is 4. The van der Waals surface area contributed by atoms with Crippen LogP contribution in [0.3, 0.4) is 0 Å². The monoisotopic (exact) mass is 531 g/mol. The third-order valence-electron chi connectivity index (χ3n) is 7.55. The number of nitrogens with zero attached hydrogens (tertiary/aromatic N) is 4. The molecule has 0 spiro atoms. The van der Waals surface area contributed by atoms with E-state index in [1.54, 1.807) is 0 Å². The highest BCUT2D eigenvalue weighted by Gasteiger charge is 2.28. The zero-order chi connectivity index (χ0) is 28.0. The number of nitrogens with one attached hydrogen (secondary N) is 1. The summed E-state index contributed by atoms with van der Waals surface area (Å²) < 4.78 is 0. The molecule has 0 saturated carbocycles. The summed E-state index contributed by atoms with van der Waals surface area (Å²) in [5.74, 6) is 0.911. The minimum Gasteiger partial charge on any atom is -0.280 e. The molecular formula is C33H49N5O. The van der Waals surface area contributed by atoms with Gasteiger partial charge < -0.3 is 0 Å². The lowest BCUT2D eigenvalue weighted by Gasteiger charge is -2.31. The Balaban J connectivity index is 1.83. The third kappa shape index (κ3) is 9.01. The molecule has 6 heteroatoms. The fraction of sp³-hybridized carbons (Fsp3) is 0.576. The Morgan fingerprint density at radius 2 is 1.38 bits per heavy atom. The molecule has 1 heterocycles. The Kier molecular flexibility index (Phi) is 12.7. The molecule has 3 rings (SSSR count). The average Bonchev–Trinajstić information content (AvgIpc) is 3.43. The number of rotatable bonds is 17. The summed E-state index contributed by atoms with van der Waals surface area (Å²) in [6, 6.07) is 14.8. The van der Waals surface area contributed by atoms with E-state index in [0.717, 1.165) is 24.2 Å². The lowest BCUT2D eigenvalue weighted by Crippen LogP contribution is -2.31. The number of benzene rings is 2. The molecule has 0 aliphatic rings. The lowest BCUT2D eigenvalue weighted by atomic mass is 9.91. The average molecular weight is 532 g/mol. The van der Waals surface area contributed by atoms with Crippen LogP contribution in [0, 0.1) is 0 Å². The summed E-state index contributed by atoms with van der Waals surface area (Å²) in [4.78, 5) is 16.0.